The van der Waals surface area contributed by atoms with Crippen LogP contribution in [0.25, 0.3) is 5.78 Å². The van der Waals surface area contributed by atoms with E-state index in [4.69, 9.17) is 0 Å². The first kappa shape index (κ1) is 27.1. The Kier molecular flexibility index (Phi) is 10.1. The summed E-state index contributed by atoms with van der Waals surface area (Å²) in [6.45, 7) is 17.0. The molecule has 0 spiro atoms. The van der Waals surface area contributed by atoms with E-state index in [1.165, 1.54) is 17.3 Å². The lowest BCUT2D eigenvalue weighted by Gasteiger charge is -2.26. The van der Waals surface area contributed by atoms with E-state index < -0.39 is 0 Å². The molecule has 0 unspecified atom stereocenters. The van der Waals surface area contributed by atoms with Crippen LogP contribution in [0.15, 0.2) is 35.5 Å². The molecule has 0 radical (unpaired) electrons. The van der Waals surface area contributed by atoms with Crippen LogP contribution < -0.4 is 5.32 Å². The van der Waals surface area contributed by atoms with Crippen molar-refractivity contribution in [3.8, 4) is 0 Å². The number of nitrogens with one attached hydrogen (secondary N) is 1. The van der Waals surface area contributed by atoms with Crippen LogP contribution in [0.3, 0.4) is 0 Å². The van der Waals surface area contributed by atoms with Gasteiger partial charge in [-0.15, -0.1) is 5.10 Å². The van der Waals surface area contributed by atoms with Crippen molar-refractivity contribution in [1.29, 1.82) is 0 Å². The predicted octanol–water partition coefficient (Wildman–Crippen LogP) is 4.54. The lowest BCUT2D eigenvalue weighted by molar-refractivity contribution is -0.118. The van der Waals surface area contributed by atoms with E-state index >= 15 is 0 Å². The smallest absolute Gasteiger partial charge is 0.253 e. The monoisotopic (exact) mass is 496 g/mol. The molecule has 35 heavy (non-hydrogen) atoms. The zero-order valence-electron chi connectivity index (χ0n) is 22.0. The van der Waals surface area contributed by atoms with Gasteiger partial charge in [0.15, 0.2) is 0 Å². The number of rotatable bonds is 13. The number of aromatic nitrogens is 4. The number of thioether (sulfide) groups is 1. The van der Waals surface area contributed by atoms with Crippen molar-refractivity contribution in [3.05, 3.63) is 52.8 Å². The number of fused-ring (bicyclic) bond motifs is 1. The number of hydrogen-bond acceptors (Lipinski definition) is 6. The fourth-order valence-corrected chi connectivity index (χ4v) is 4.96. The highest BCUT2D eigenvalue weighted by Crippen LogP contribution is 2.20. The molecular weight excluding hydrogens is 456 g/mol. The third kappa shape index (κ3) is 8.32. The second-order valence-corrected chi connectivity index (χ2v) is 11.0. The molecule has 3 aromatic rings. The van der Waals surface area contributed by atoms with E-state index in [1.807, 2.05) is 13.0 Å². The van der Waals surface area contributed by atoms with Gasteiger partial charge in [-0.2, -0.15) is 4.98 Å². The van der Waals surface area contributed by atoms with Crippen LogP contribution in [-0.4, -0.2) is 62.3 Å². The first-order chi connectivity index (χ1) is 16.7. The molecule has 7 nitrogen and oxygen atoms in total. The summed E-state index contributed by atoms with van der Waals surface area (Å²) in [5.74, 6) is 2.19. The van der Waals surface area contributed by atoms with Crippen molar-refractivity contribution < 1.29 is 4.79 Å². The summed E-state index contributed by atoms with van der Waals surface area (Å²) in [5, 5.41) is 8.24. The van der Waals surface area contributed by atoms with Crippen molar-refractivity contribution in [2.45, 2.75) is 59.5 Å². The minimum Gasteiger partial charge on any atom is -0.355 e. The van der Waals surface area contributed by atoms with Gasteiger partial charge in [-0.1, -0.05) is 69.8 Å². The minimum atomic E-state index is 0.0127. The number of benzene rings is 1. The van der Waals surface area contributed by atoms with Crippen LogP contribution in [0, 0.1) is 25.7 Å². The third-order valence-electron chi connectivity index (χ3n) is 5.81. The molecule has 0 atom stereocenters. The van der Waals surface area contributed by atoms with E-state index in [0.29, 0.717) is 35.1 Å². The SMILES string of the molecule is Cc1nc2nc(SCC(=O)NCCCN(CC(C)C)CC(C)C)nn2c(C)c1Cc1ccccc1. The van der Waals surface area contributed by atoms with E-state index in [1.54, 1.807) is 4.52 Å². The second kappa shape index (κ2) is 13.0. The van der Waals surface area contributed by atoms with Gasteiger partial charge in [0.2, 0.25) is 11.1 Å². The average Bonchev–Trinajstić information content (AvgIpc) is 3.21. The molecule has 0 saturated heterocycles. The van der Waals surface area contributed by atoms with Crippen LogP contribution in [0.2, 0.25) is 0 Å². The van der Waals surface area contributed by atoms with Gasteiger partial charge < -0.3 is 10.2 Å². The quantitative estimate of drug-likeness (QED) is 0.277. The van der Waals surface area contributed by atoms with Gasteiger partial charge in [0.05, 0.1) is 5.75 Å². The van der Waals surface area contributed by atoms with Crippen molar-refractivity contribution >= 4 is 23.4 Å². The van der Waals surface area contributed by atoms with Gasteiger partial charge in [0, 0.05) is 37.4 Å². The summed E-state index contributed by atoms with van der Waals surface area (Å²) in [7, 11) is 0. The molecular formula is C27H40N6OS. The molecule has 0 bridgehead atoms. The number of aryl methyl sites for hydroxylation is 2. The van der Waals surface area contributed by atoms with Gasteiger partial charge in [0.1, 0.15) is 0 Å². The van der Waals surface area contributed by atoms with Crippen molar-refractivity contribution in [1.82, 2.24) is 29.8 Å². The Hall–Kier alpha value is -2.45. The van der Waals surface area contributed by atoms with Crippen LogP contribution >= 0.6 is 11.8 Å². The van der Waals surface area contributed by atoms with Crippen LogP contribution in [0.4, 0.5) is 0 Å². The molecule has 1 aromatic carbocycles. The zero-order valence-corrected chi connectivity index (χ0v) is 22.9. The maximum absolute atomic E-state index is 12.4. The Morgan fingerprint density at radius 3 is 2.40 bits per heavy atom. The number of amides is 1. The van der Waals surface area contributed by atoms with E-state index in [0.717, 1.165) is 49.4 Å². The maximum Gasteiger partial charge on any atom is 0.253 e. The highest BCUT2D eigenvalue weighted by molar-refractivity contribution is 7.99. The molecule has 0 aliphatic heterocycles. The molecule has 2 heterocycles. The molecule has 0 aliphatic rings. The molecule has 0 aliphatic carbocycles. The van der Waals surface area contributed by atoms with Crippen LogP contribution in [0.1, 0.15) is 56.6 Å². The number of nitrogens with zero attached hydrogens (tertiary/aromatic N) is 5. The Morgan fingerprint density at radius 1 is 1.06 bits per heavy atom. The zero-order chi connectivity index (χ0) is 25.4. The van der Waals surface area contributed by atoms with E-state index in [-0.39, 0.29) is 5.91 Å². The van der Waals surface area contributed by atoms with Crippen LogP contribution in [0.5, 0.6) is 0 Å². The highest BCUT2D eigenvalue weighted by Gasteiger charge is 2.15. The third-order valence-corrected chi connectivity index (χ3v) is 6.64. The topological polar surface area (TPSA) is 75.4 Å². The van der Waals surface area contributed by atoms with Gasteiger partial charge in [-0.25, -0.2) is 9.50 Å². The highest BCUT2D eigenvalue weighted by atomic mass is 32.2. The maximum atomic E-state index is 12.4. The summed E-state index contributed by atoms with van der Waals surface area (Å²) in [6.07, 6.45) is 1.76. The van der Waals surface area contributed by atoms with Gasteiger partial charge in [0.25, 0.3) is 5.78 Å². The van der Waals surface area contributed by atoms with Gasteiger partial charge in [-0.05, 0) is 49.8 Å². The second-order valence-electron chi connectivity index (χ2n) is 10.1. The van der Waals surface area contributed by atoms with E-state index in [9.17, 15) is 4.79 Å². The molecule has 2 aromatic heterocycles. The standard InChI is InChI=1S/C27H40N6OS/c1-19(2)16-32(17-20(3)4)14-10-13-28-25(34)18-35-27-30-26-29-21(5)24(22(6)33(26)31-27)15-23-11-8-7-9-12-23/h7-9,11-12,19-20H,10,13-18H2,1-6H3,(H,28,34). The van der Waals surface area contributed by atoms with Crippen LogP contribution in [-0.2, 0) is 11.2 Å². The van der Waals surface area contributed by atoms with Crippen molar-refractivity contribution in [3.63, 3.8) is 0 Å². The number of carbonyl (C=O) groups is 1. The van der Waals surface area contributed by atoms with E-state index in [2.05, 4.69) is 84.2 Å². The largest absolute Gasteiger partial charge is 0.355 e. The van der Waals surface area contributed by atoms with Gasteiger partial charge >= 0.3 is 0 Å². The molecule has 8 heteroatoms. The first-order valence-corrected chi connectivity index (χ1v) is 13.6. The lowest BCUT2D eigenvalue weighted by Crippen LogP contribution is -2.34. The number of carbonyl (C=O) groups excluding carboxylic acids is 1. The molecule has 1 N–H and O–H groups in total. The number of hydrogen-bond donors (Lipinski definition) is 1. The molecule has 0 fully saturated rings. The van der Waals surface area contributed by atoms with Gasteiger partial charge in [-0.3, -0.25) is 4.79 Å². The first-order valence-electron chi connectivity index (χ1n) is 12.6. The Bertz CT molecular complexity index is 1090. The normalized spacial score (nSPS) is 11.8. The van der Waals surface area contributed by atoms with Crippen molar-refractivity contribution in [2.24, 2.45) is 11.8 Å². The Labute approximate surface area is 214 Å². The van der Waals surface area contributed by atoms with Crippen molar-refractivity contribution in [2.75, 3.05) is 31.9 Å². The Balaban J connectivity index is 1.51. The molecule has 0 saturated carbocycles. The fraction of sp³-hybridized carbons (Fsp3) is 0.556. The summed E-state index contributed by atoms with van der Waals surface area (Å²) in [5.41, 5.74) is 4.40. The summed E-state index contributed by atoms with van der Waals surface area (Å²) < 4.78 is 1.80. The molecule has 3 rings (SSSR count). The molecule has 190 valence electrons. The molecule has 1 amide bonds. The predicted molar refractivity (Wildman–Crippen MR) is 144 cm³/mol. The summed E-state index contributed by atoms with van der Waals surface area (Å²) in [6, 6.07) is 10.4. The summed E-state index contributed by atoms with van der Waals surface area (Å²) in [4.78, 5) is 24.1. The fourth-order valence-electron chi connectivity index (χ4n) is 4.31. The Morgan fingerprint density at radius 2 is 1.74 bits per heavy atom. The summed E-state index contributed by atoms with van der Waals surface area (Å²) >= 11 is 1.35. The lowest BCUT2D eigenvalue weighted by atomic mass is 10.0. The average molecular weight is 497 g/mol. The minimum absolute atomic E-state index is 0.0127.